The fourth-order valence-electron chi connectivity index (χ4n) is 4.24. The molecule has 0 bridgehead atoms. The normalized spacial score (nSPS) is 25.1. The number of nitriles is 1. The summed E-state index contributed by atoms with van der Waals surface area (Å²) in [6.07, 6.45) is 1.91. The lowest BCUT2D eigenvalue weighted by Gasteiger charge is -2.36. The predicted molar refractivity (Wildman–Crippen MR) is 92.9 cm³/mol. The minimum Gasteiger partial charge on any atom is -0.381 e. The zero-order valence-corrected chi connectivity index (χ0v) is 14.4. The molecule has 0 aromatic heterocycles. The lowest BCUT2D eigenvalue weighted by atomic mass is 10.1. The number of fused-ring (bicyclic) bond motifs is 1. The van der Waals surface area contributed by atoms with Crippen LogP contribution in [-0.4, -0.2) is 72.2 Å². The Labute approximate surface area is 148 Å². The molecule has 1 aromatic rings. The largest absolute Gasteiger partial charge is 0.381 e. The average Bonchev–Trinajstić information content (AvgIpc) is 2.99. The molecule has 3 fully saturated rings. The van der Waals surface area contributed by atoms with E-state index in [2.05, 4.69) is 26.8 Å². The van der Waals surface area contributed by atoms with Gasteiger partial charge in [-0.1, -0.05) is 12.1 Å². The van der Waals surface area contributed by atoms with Crippen LogP contribution in [-0.2, 0) is 11.3 Å². The summed E-state index contributed by atoms with van der Waals surface area (Å²) in [5.74, 6) is 0. The van der Waals surface area contributed by atoms with Gasteiger partial charge in [-0.05, 0) is 30.5 Å². The molecule has 0 saturated carbocycles. The molecule has 25 heavy (non-hydrogen) atoms. The van der Waals surface area contributed by atoms with Gasteiger partial charge in [0.15, 0.2) is 0 Å². The Hall–Kier alpha value is -2.10. The fourth-order valence-corrected chi connectivity index (χ4v) is 4.24. The quantitative estimate of drug-likeness (QED) is 0.840. The molecule has 3 aliphatic heterocycles. The van der Waals surface area contributed by atoms with Gasteiger partial charge in [0.05, 0.1) is 17.7 Å². The van der Waals surface area contributed by atoms with E-state index in [9.17, 15) is 4.79 Å². The Morgan fingerprint density at radius 3 is 2.76 bits per heavy atom. The van der Waals surface area contributed by atoms with Gasteiger partial charge in [-0.15, -0.1) is 0 Å². The molecule has 0 radical (unpaired) electrons. The van der Waals surface area contributed by atoms with Crippen molar-refractivity contribution in [3.63, 3.8) is 0 Å². The number of carbonyl (C=O) groups excluding carboxylic acids is 1. The fraction of sp³-hybridized carbons (Fsp3) is 0.579. The van der Waals surface area contributed by atoms with E-state index in [1.165, 1.54) is 0 Å². The van der Waals surface area contributed by atoms with Gasteiger partial charge in [0.2, 0.25) is 0 Å². The summed E-state index contributed by atoms with van der Waals surface area (Å²) in [5.41, 5.74) is 1.87. The number of hydrogen-bond donors (Lipinski definition) is 0. The van der Waals surface area contributed by atoms with Crippen LogP contribution in [0.2, 0.25) is 0 Å². The lowest BCUT2D eigenvalue weighted by molar-refractivity contribution is 0.0504. The van der Waals surface area contributed by atoms with Crippen LogP contribution in [0.1, 0.15) is 24.0 Å². The third-order valence-corrected chi connectivity index (χ3v) is 5.56. The van der Waals surface area contributed by atoms with Crippen LogP contribution in [0.25, 0.3) is 0 Å². The number of hydrogen-bond acceptors (Lipinski definition) is 4. The monoisotopic (exact) mass is 340 g/mol. The first-order valence-corrected chi connectivity index (χ1v) is 9.11. The summed E-state index contributed by atoms with van der Waals surface area (Å²) in [5, 5.41) is 9.05. The van der Waals surface area contributed by atoms with E-state index in [4.69, 9.17) is 10.00 Å². The smallest absolute Gasteiger partial charge is 0.320 e. The maximum absolute atomic E-state index is 12.7. The number of urea groups is 1. The maximum Gasteiger partial charge on any atom is 0.320 e. The molecule has 0 spiro atoms. The second kappa shape index (κ2) is 7.03. The van der Waals surface area contributed by atoms with E-state index in [1.54, 1.807) is 0 Å². The van der Waals surface area contributed by atoms with E-state index in [1.807, 2.05) is 18.2 Å². The first kappa shape index (κ1) is 16.4. The molecule has 0 N–H and O–H groups in total. The van der Waals surface area contributed by atoms with Gasteiger partial charge in [0.1, 0.15) is 0 Å². The number of carbonyl (C=O) groups is 1. The van der Waals surface area contributed by atoms with Gasteiger partial charge in [-0.25, -0.2) is 4.79 Å². The molecule has 132 valence electrons. The summed E-state index contributed by atoms with van der Waals surface area (Å²) in [6.45, 7) is 5.79. The van der Waals surface area contributed by atoms with E-state index in [0.29, 0.717) is 11.6 Å². The minimum absolute atomic E-state index is 0.211. The van der Waals surface area contributed by atoms with Gasteiger partial charge in [-0.3, -0.25) is 4.90 Å². The lowest BCUT2D eigenvalue weighted by Crippen LogP contribution is -2.51. The van der Waals surface area contributed by atoms with Crippen molar-refractivity contribution in [1.29, 1.82) is 5.26 Å². The molecule has 6 heteroatoms. The second-order valence-corrected chi connectivity index (χ2v) is 7.17. The van der Waals surface area contributed by atoms with E-state index >= 15 is 0 Å². The van der Waals surface area contributed by atoms with Crippen LogP contribution in [0.5, 0.6) is 0 Å². The van der Waals surface area contributed by atoms with Crippen LogP contribution in [0, 0.1) is 11.3 Å². The molecule has 0 aliphatic carbocycles. The molecule has 0 unspecified atom stereocenters. The third-order valence-electron chi connectivity index (χ3n) is 5.56. The third kappa shape index (κ3) is 3.35. The molecule has 3 heterocycles. The SMILES string of the molecule is N#Cc1cccc(CN2CCN3C(=O)N(C4CCOCC4)C[C@H]3C2)c1. The number of ether oxygens (including phenoxy) is 1. The van der Waals surface area contributed by atoms with Crippen LogP contribution in [0.3, 0.4) is 0 Å². The van der Waals surface area contributed by atoms with Crippen LogP contribution in [0.15, 0.2) is 24.3 Å². The van der Waals surface area contributed by atoms with Crippen molar-refractivity contribution in [2.75, 3.05) is 39.4 Å². The highest BCUT2D eigenvalue weighted by Crippen LogP contribution is 2.26. The molecule has 2 amide bonds. The highest BCUT2D eigenvalue weighted by Gasteiger charge is 2.43. The van der Waals surface area contributed by atoms with Crippen molar-refractivity contribution >= 4 is 6.03 Å². The van der Waals surface area contributed by atoms with E-state index < -0.39 is 0 Å². The van der Waals surface area contributed by atoms with Crippen molar-refractivity contribution < 1.29 is 9.53 Å². The van der Waals surface area contributed by atoms with Crippen molar-refractivity contribution in [3.05, 3.63) is 35.4 Å². The van der Waals surface area contributed by atoms with E-state index in [-0.39, 0.29) is 12.1 Å². The summed E-state index contributed by atoms with van der Waals surface area (Å²) in [6, 6.07) is 10.8. The second-order valence-electron chi connectivity index (χ2n) is 7.17. The number of piperazine rings is 1. The summed E-state index contributed by atoms with van der Waals surface area (Å²) < 4.78 is 5.43. The number of benzene rings is 1. The van der Waals surface area contributed by atoms with Crippen molar-refractivity contribution in [2.24, 2.45) is 0 Å². The van der Waals surface area contributed by atoms with E-state index in [0.717, 1.165) is 64.3 Å². The van der Waals surface area contributed by atoms with Gasteiger partial charge in [0.25, 0.3) is 0 Å². The summed E-state index contributed by atoms with van der Waals surface area (Å²) in [7, 11) is 0. The topological polar surface area (TPSA) is 59.8 Å². The number of amides is 2. The summed E-state index contributed by atoms with van der Waals surface area (Å²) >= 11 is 0. The van der Waals surface area contributed by atoms with Gasteiger partial charge >= 0.3 is 6.03 Å². The molecule has 4 rings (SSSR count). The number of nitrogens with zero attached hydrogens (tertiary/aromatic N) is 4. The molecule has 6 nitrogen and oxygen atoms in total. The zero-order valence-electron chi connectivity index (χ0n) is 14.4. The standard InChI is InChI=1S/C19H24N4O2/c20-11-15-2-1-3-16(10-15)12-21-6-7-22-18(13-21)14-23(19(22)24)17-4-8-25-9-5-17/h1-3,10,17-18H,4-9,12-14H2/t18-/m1/s1. The Morgan fingerprint density at radius 2 is 1.96 bits per heavy atom. The predicted octanol–water partition coefficient (Wildman–Crippen LogP) is 1.66. The molecule has 3 aliphatic rings. The zero-order chi connectivity index (χ0) is 17.2. The highest BCUT2D eigenvalue weighted by atomic mass is 16.5. The molecule has 1 atom stereocenters. The maximum atomic E-state index is 12.7. The Morgan fingerprint density at radius 1 is 1.12 bits per heavy atom. The molecular weight excluding hydrogens is 316 g/mol. The van der Waals surface area contributed by atoms with Crippen LogP contribution in [0.4, 0.5) is 4.79 Å². The van der Waals surface area contributed by atoms with Crippen LogP contribution >= 0.6 is 0 Å². The van der Waals surface area contributed by atoms with Crippen molar-refractivity contribution in [3.8, 4) is 6.07 Å². The highest BCUT2D eigenvalue weighted by molar-refractivity contribution is 5.77. The van der Waals surface area contributed by atoms with Crippen molar-refractivity contribution in [2.45, 2.75) is 31.5 Å². The van der Waals surface area contributed by atoms with Crippen LogP contribution < -0.4 is 0 Å². The average molecular weight is 340 g/mol. The van der Waals surface area contributed by atoms with Crippen molar-refractivity contribution in [1.82, 2.24) is 14.7 Å². The summed E-state index contributed by atoms with van der Waals surface area (Å²) in [4.78, 5) is 19.3. The van der Waals surface area contributed by atoms with Gasteiger partial charge in [0, 0.05) is 52.0 Å². The van der Waals surface area contributed by atoms with Gasteiger partial charge < -0.3 is 14.5 Å². The molecule has 1 aromatic carbocycles. The Kier molecular flexibility index (Phi) is 4.60. The Bertz CT molecular complexity index is 680. The first-order valence-electron chi connectivity index (χ1n) is 9.11. The molecule has 3 saturated heterocycles. The Balaban J connectivity index is 1.39. The first-order chi connectivity index (χ1) is 12.2. The van der Waals surface area contributed by atoms with Gasteiger partial charge in [-0.2, -0.15) is 5.26 Å². The molecular formula is C19H24N4O2. The minimum atomic E-state index is 0.211. The number of rotatable bonds is 3.